The van der Waals surface area contributed by atoms with Gasteiger partial charge in [-0.3, -0.25) is 4.79 Å². The number of likely N-dealkylation sites (tertiary alicyclic amines) is 1. The Morgan fingerprint density at radius 1 is 1.37 bits per heavy atom. The minimum Gasteiger partial charge on any atom is -0.480 e. The SMILES string of the molecule is CC1(OCC(=O)O)CN(C(=O)CC2(CN)CCC2)C1. The molecule has 1 heterocycles. The summed E-state index contributed by atoms with van der Waals surface area (Å²) in [4.78, 5) is 24.3. The lowest BCUT2D eigenvalue weighted by Crippen LogP contribution is -2.64. The van der Waals surface area contributed by atoms with Gasteiger partial charge in [-0.05, 0) is 31.7 Å². The fourth-order valence-electron chi connectivity index (χ4n) is 2.83. The molecule has 6 heteroatoms. The average Bonchev–Trinajstić information content (AvgIpc) is 2.27. The number of carbonyl (C=O) groups is 2. The number of carboxylic acids is 1. The minimum atomic E-state index is -0.984. The summed E-state index contributed by atoms with van der Waals surface area (Å²) in [6.07, 6.45) is 3.74. The van der Waals surface area contributed by atoms with Crippen LogP contribution in [0.3, 0.4) is 0 Å². The normalized spacial score (nSPS) is 23.4. The maximum Gasteiger partial charge on any atom is 0.329 e. The first kappa shape index (κ1) is 14.3. The molecule has 1 saturated heterocycles. The number of nitrogens with two attached hydrogens (primary N) is 1. The molecule has 2 aliphatic rings. The van der Waals surface area contributed by atoms with E-state index in [1.54, 1.807) is 4.90 Å². The van der Waals surface area contributed by atoms with Crippen molar-refractivity contribution in [3.63, 3.8) is 0 Å². The fourth-order valence-corrected chi connectivity index (χ4v) is 2.83. The smallest absolute Gasteiger partial charge is 0.329 e. The molecule has 108 valence electrons. The lowest BCUT2D eigenvalue weighted by Gasteiger charge is -2.49. The van der Waals surface area contributed by atoms with Gasteiger partial charge in [0.15, 0.2) is 0 Å². The van der Waals surface area contributed by atoms with Crippen molar-refractivity contribution < 1.29 is 19.4 Å². The summed E-state index contributed by atoms with van der Waals surface area (Å²) in [5, 5.41) is 8.58. The van der Waals surface area contributed by atoms with Crippen LogP contribution in [0.15, 0.2) is 0 Å². The van der Waals surface area contributed by atoms with Crippen molar-refractivity contribution in [2.24, 2.45) is 11.1 Å². The van der Waals surface area contributed by atoms with E-state index < -0.39 is 11.6 Å². The quantitative estimate of drug-likeness (QED) is 0.719. The summed E-state index contributed by atoms with van der Waals surface area (Å²) in [5.74, 6) is -0.871. The van der Waals surface area contributed by atoms with E-state index >= 15 is 0 Å². The van der Waals surface area contributed by atoms with E-state index in [2.05, 4.69) is 0 Å². The highest BCUT2D eigenvalue weighted by Gasteiger charge is 2.45. The summed E-state index contributed by atoms with van der Waals surface area (Å²) < 4.78 is 5.29. The van der Waals surface area contributed by atoms with E-state index in [1.165, 1.54) is 0 Å². The zero-order chi connectivity index (χ0) is 14.1. The van der Waals surface area contributed by atoms with Crippen LogP contribution in [0.2, 0.25) is 0 Å². The number of rotatable bonds is 6. The van der Waals surface area contributed by atoms with Crippen LogP contribution < -0.4 is 5.73 Å². The predicted octanol–water partition coefficient (Wildman–Crippen LogP) is 0.208. The number of nitrogens with zero attached hydrogens (tertiary/aromatic N) is 1. The topological polar surface area (TPSA) is 92.9 Å². The highest BCUT2D eigenvalue weighted by atomic mass is 16.5. The number of carboxylic acid groups (broad SMARTS) is 1. The molecular weight excluding hydrogens is 248 g/mol. The molecule has 0 bridgehead atoms. The Balaban J connectivity index is 1.76. The molecule has 1 aliphatic heterocycles. The Hall–Kier alpha value is -1.14. The van der Waals surface area contributed by atoms with Crippen LogP contribution in [0.5, 0.6) is 0 Å². The molecule has 0 aromatic heterocycles. The predicted molar refractivity (Wildman–Crippen MR) is 68.5 cm³/mol. The standard InChI is InChI=1S/C13H22N2O4/c1-12(19-6-11(17)18)8-15(9-12)10(16)5-13(7-14)3-2-4-13/h2-9,14H2,1H3,(H,17,18). The van der Waals surface area contributed by atoms with E-state index in [0.717, 1.165) is 19.3 Å². The van der Waals surface area contributed by atoms with Gasteiger partial charge >= 0.3 is 5.97 Å². The van der Waals surface area contributed by atoms with Crippen LogP contribution in [0.25, 0.3) is 0 Å². The molecule has 0 aromatic carbocycles. The molecule has 6 nitrogen and oxygen atoms in total. The first-order chi connectivity index (χ1) is 8.88. The second-order valence-electron chi connectivity index (χ2n) is 6.12. The van der Waals surface area contributed by atoms with Crippen molar-refractivity contribution in [3.05, 3.63) is 0 Å². The molecule has 0 radical (unpaired) electrons. The summed E-state index contributed by atoms with van der Waals surface area (Å²) in [6, 6.07) is 0. The Morgan fingerprint density at radius 2 is 2.00 bits per heavy atom. The van der Waals surface area contributed by atoms with Crippen molar-refractivity contribution in [3.8, 4) is 0 Å². The van der Waals surface area contributed by atoms with Crippen LogP contribution in [-0.4, -0.2) is 53.7 Å². The highest BCUT2D eigenvalue weighted by molar-refractivity contribution is 5.78. The molecule has 0 aromatic rings. The second kappa shape index (κ2) is 5.09. The maximum absolute atomic E-state index is 12.1. The van der Waals surface area contributed by atoms with Crippen LogP contribution >= 0.6 is 0 Å². The molecule has 2 fully saturated rings. The van der Waals surface area contributed by atoms with Gasteiger partial charge in [-0.2, -0.15) is 0 Å². The van der Waals surface area contributed by atoms with Gasteiger partial charge in [0.1, 0.15) is 12.2 Å². The Bertz CT molecular complexity index is 367. The summed E-state index contributed by atoms with van der Waals surface area (Å²) in [6.45, 7) is 3.03. The van der Waals surface area contributed by atoms with Crippen LogP contribution in [0.4, 0.5) is 0 Å². The zero-order valence-electron chi connectivity index (χ0n) is 11.4. The maximum atomic E-state index is 12.1. The second-order valence-corrected chi connectivity index (χ2v) is 6.12. The van der Waals surface area contributed by atoms with Crippen LogP contribution in [0, 0.1) is 5.41 Å². The summed E-state index contributed by atoms with van der Waals surface area (Å²) in [5.41, 5.74) is 5.26. The van der Waals surface area contributed by atoms with E-state index in [0.29, 0.717) is 26.1 Å². The molecule has 3 N–H and O–H groups in total. The van der Waals surface area contributed by atoms with Crippen LogP contribution in [0.1, 0.15) is 32.6 Å². The number of aliphatic carboxylic acids is 1. The van der Waals surface area contributed by atoms with Crippen molar-refractivity contribution >= 4 is 11.9 Å². The molecule has 2 rings (SSSR count). The Kier molecular flexibility index (Phi) is 3.82. The van der Waals surface area contributed by atoms with Gasteiger partial charge in [-0.25, -0.2) is 4.79 Å². The lowest BCUT2D eigenvalue weighted by molar-refractivity contribution is -0.175. The lowest BCUT2D eigenvalue weighted by atomic mass is 9.66. The third-order valence-electron chi connectivity index (χ3n) is 4.32. The molecule has 0 unspecified atom stereocenters. The van der Waals surface area contributed by atoms with E-state index in [9.17, 15) is 9.59 Å². The third kappa shape index (κ3) is 3.06. The van der Waals surface area contributed by atoms with E-state index in [4.69, 9.17) is 15.6 Å². The van der Waals surface area contributed by atoms with Gasteiger partial charge in [0.25, 0.3) is 0 Å². The zero-order valence-corrected chi connectivity index (χ0v) is 11.4. The molecule has 1 amide bonds. The van der Waals surface area contributed by atoms with Gasteiger partial charge in [-0.1, -0.05) is 6.42 Å². The summed E-state index contributed by atoms with van der Waals surface area (Å²) >= 11 is 0. The number of hydrogen-bond acceptors (Lipinski definition) is 4. The largest absolute Gasteiger partial charge is 0.480 e. The van der Waals surface area contributed by atoms with Crippen LogP contribution in [-0.2, 0) is 14.3 Å². The van der Waals surface area contributed by atoms with Crippen molar-refractivity contribution in [2.75, 3.05) is 26.2 Å². The number of ether oxygens (including phenoxy) is 1. The molecule has 0 spiro atoms. The third-order valence-corrected chi connectivity index (χ3v) is 4.32. The van der Waals surface area contributed by atoms with Crippen molar-refractivity contribution in [2.45, 2.75) is 38.2 Å². The summed E-state index contributed by atoms with van der Waals surface area (Å²) in [7, 11) is 0. The fraction of sp³-hybridized carbons (Fsp3) is 0.846. The van der Waals surface area contributed by atoms with E-state index in [-0.39, 0.29) is 17.9 Å². The van der Waals surface area contributed by atoms with Crippen molar-refractivity contribution in [1.82, 2.24) is 4.90 Å². The number of carbonyl (C=O) groups excluding carboxylic acids is 1. The molecule has 0 atom stereocenters. The van der Waals surface area contributed by atoms with Gasteiger partial charge in [-0.15, -0.1) is 0 Å². The van der Waals surface area contributed by atoms with Gasteiger partial charge < -0.3 is 20.5 Å². The van der Waals surface area contributed by atoms with E-state index in [1.807, 2.05) is 6.92 Å². The first-order valence-corrected chi connectivity index (χ1v) is 6.72. The molecular formula is C13H22N2O4. The highest BCUT2D eigenvalue weighted by Crippen LogP contribution is 2.43. The van der Waals surface area contributed by atoms with Gasteiger partial charge in [0.05, 0.1) is 13.1 Å². The Morgan fingerprint density at radius 3 is 2.42 bits per heavy atom. The molecule has 19 heavy (non-hydrogen) atoms. The van der Waals surface area contributed by atoms with Gasteiger partial charge in [0, 0.05) is 6.42 Å². The number of amides is 1. The minimum absolute atomic E-state index is 0.0188. The average molecular weight is 270 g/mol. The number of hydrogen-bond donors (Lipinski definition) is 2. The monoisotopic (exact) mass is 270 g/mol. The van der Waals surface area contributed by atoms with Gasteiger partial charge in [0.2, 0.25) is 5.91 Å². The Labute approximate surface area is 112 Å². The molecule has 1 saturated carbocycles. The van der Waals surface area contributed by atoms with Crippen molar-refractivity contribution in [1.29, 1.82) is 0 Å². The first-order valence-electron chi connectivity index (χ1n) is 6.72. The molecule has 1 aliphatic carbocycles.